The number of likely N-dealkylation sites (N-methyl/N-ethyl adjacent to an activating group) is 1. The average molecular weight is 388 g/mol. The SMILES string of the molecule is COc1ccc(C(CNC(=O)c2c(OC)cccc2OC)N(C)C)cc1OC. The maximum absolute atomic E-state index is 12.9. The van der Waals surface area contributed by atoms with Crippen LogP contribution in [0.25, 0.3) is 0 Å². The summed E-state index contributed by atoms with van der Waals surface area (Å²) in [5.74, 6) is 1.96. The van der Waals surface area contributed by atoms with Crippen molar-refractivity contribution in [3.05, 3.63) is 47.5 Å². The van der Waals surface area contributed by atoms with Gasteiger partial charge in [-0.3, -0.25) is 4.79 Å². The van der Waals surface area contributed by atoms with Crippen LogP contribution in [-0.4, -0.2) is 59.9 Å². The molecule has 0 fully saturated rings. The molecule has 2 aromatic carbocycles. The third-order valence-corrected chi connectivity index (χ3v) is 4.53. The van der Waals surface area contributed by atoms with E-state index in [-0.39, 0.29) is 11.9 Å². The molecule has 1 unspecified atom stereocenters. The topological polar surface area (TPSA) is 69.3 Å². The minimum Gasteiger partial charge on any atom is -0.496 e. The molecular weight excluding hydrogens is 360 g/mol. The Balaban J connectivity index is 2.24. The molecule has 7 nitrogen and oxygen atoms in total. The van der Waals surface area contributed by atoms with Crippen LogP contribution in [0.2, 0.25) is 0 Å². The number of methoxy groups -OCH3 is 4. The van der Waals surface area contributed by atoms with Gasteiger partial charge < -0.3 is 29.2 Å². The fraction of sp³-hybridized carbons (Fsp3) is 0.381. The predicted molar refractivity (Wildman–Crippen MR) is 108 cm³/mol. The van der Waals surface area contributed by atoms with E-state index in [1.54, 1.807) is 32.4 Å². The minimum absolute atomic E-state index is 0.0653. The number of hydrogen-bond donors (Lipinski definition) is 1. The van der Waals surface area contributed by atoms with Crippen LogP contribution in [0.5, 0.6) is 23.0 Å². The van der Waals surface area contributed by atoms with Gasteiger partial charge in [0.25, 0.3) is 5.91 Å². The summed E-state index contributed by atoms with van der Waals surface area (Å²) in [6.07, 6.45) is 0. The highest BCUT2D eigenvalue weighted by atomic mass is 16.5. The van der Waals surface area contributed by atoms with Gasteiger partial charge in [0.05, 0.1) is 34.5 Å². The molecule has 152 valence electrons. The van der Waals surface area contributed by atoms with E-state index in [0.717, 1.165) is 5.56 Å². The van der Waals surface area contributed by atoms with E-state index in [4.69, 9.17) is 18.9 Å². The van der Waals surface area contributed by atoms with Crippen molar-refractivity contribution in [1.82, 2.24) is 10.2 Å². The monoisotopic (exact) mass is 388 g/mol. The second-order valence-corrected chi connectivity index (χ2v) is 6.34. The number of amides is 1. The highest BCUT2D eigenvalue weighted by Gasteiger charge is 2.21. The highest BCUT2D eigenvalue weighted by Crippen LogP contribution is 2.32. The minimum atomic E-state index is -0.262. The smallest absolute Gasteiger partial charge is 0.258 e. The van der Waals surface area contributed by atoms with Crippen molar-refractivity contribution in [3.8, 4) is 23.0 Å². The molecule has 1 N–H and O–H groups in total. The quantitative estimate of drug-likeness (QED) is 0.712. The Morgan fingerprint density at radius 2 is 1.46 bits per heavy atom. The normalized spacial score (nSPS) is 11.7. The van der Waals surface area contributed by atoms with Gasteiger partial charge in [-0.2, -0.15) is 0 Å². The van der Waals surface area contributed by atoms with Crippen molar-refractivity contribution in [2.24, 2.45) is 0 Å². The summed E-state index contributed by atoms with van der Waals surface area (Å²) < 4.78 is 21.3. The Morgan fingerprint density at radius 1 is 0.893 bits per heavy atom. The molecule has 0 aliphatic rings. The molecule has 0 spiro atoms. The lowest BCUT2D eigenvalue weighted by atomic mass is 10.0. The molecule has 2 rings (SSSR count). The number of rotatable bonds is 9. The van der Waals surface area contributed by atoms with Gasteiger partial charge in [-0.05, 0) is 43.9 Å². The second-order valence-electron chi connectivity index (χ2n) is 6.34. The van der Waals surface area contributed by atoms with Crippen LogP contribution in [-0.2, 0) is 0 Å². The van der Waals surface area contributed by atoms with Crippen LogP contribution >= 0.6 is 0 Å². The molecule has 1 amide bonds. The van der Waals surface area contributed by atoms with Gasteiger partial charge in [-0.25, -0.2) is 0 Å². The molecule has 2 aromatic rings. The van der Waals surface area contributed by atoms with Crippen LogP contribution in [0.3, 0.4) is 0 Å². The molecule has 0 bridgehead atoms. The zero-order valence-corrected chi connectivity index (χ0v) is 17.2. The van der Waals surface area contributed by atoms with E-state index in [1.165, 1.54) is 14.2 Å². The summed E-state index contributed by atoms with van der Waals surface area (Å²) in [7, 11) is 10.2. The first-order valence-electron chi connectivity index (χ1n) is 8.84. The first-order valence-corrected chi connectivity index (χ1v) is 8.84. The molecular formula is C21H28N2O5. The third kappa shape index (κ3) is 4.67. The average Bonchev–Trinajstić information content (AvgIpc) is 2.72. The molecule has 0 aliphatic heterocycles. The lowest BCUT2D eigenvalue weighted by Crippen LogP contribution is -2.34. The molecule has 0 saturated heterocycles. The molecule has 1 atom stereocenters. The zero-order chi connectivity index (χ0) is 20.7. The van der Waals surface area contributed by atoms with Gasteiger partial charge in [0.15, 0.2) is 11.5 Å². The summed E-state index contributed by atoms with van der Waals surface area (Å²) in [5, 5.41) is 2.98. The largest absolute Gasteiger partial charge is 0.496 e. The molecule has 0 radical (unpaired) electrons. The van der Waals surface area contributed by atoms with E-state index in [2.05, 4.69) is 5.32 Å². The summed E-state index contributed by atoms with van der Waals surface area (Å²) in [4.78, 5) is 14.9. The van der Waals surface area contributed by atoms with Gasteiger partial charge in [0.1, 0.15) is 17.1 Å². The summed E-state index contributed by atoms with van der Waals surface area (Å²) in [6.45, 7) is 0.391. The van der Waals surface area contributed by atoms with E-state index in [1.807, 2.05) is 37.2 Å². The van der Waals surface area contributed by atoms with Crippen molar-refractivity contribution < 1.29 is 23.7 Å². The Hall–Kier alpha value is -2.93. The molecule has 0 saturated carbocycles. The van der Waals surface area contributed by atoms with Gasteiger partial charge in [-0.15, -0.1) is 0 Å². The Kier molecular flexibility index (Phi) is 7.52. The van der Waals surface area contributed by atoms with Gasteiger partial charge in [0, 0.05) is 6.54 Å². The molecule has 28 heavy (non-hydrogen) atoms. The fourth-order valence-electron chi connectivity index (χ4n) is 3.01. The Bertz CT molecular complexity index is 785. The summed E-state index contributed by atoms with van der Waals surface area (Å²) in [6, 6.07) is 10.9. The maximum Gasteiger partial charge on any atom is 0.258 e. The number of carbonyl (C=O) groups is 1. The predicted octanol–water partition coefficient (Wildman–Crippen LogP) is 2.75. The number of nitrogens with one attached hydrogen (secondary N) is 1. The molecule has 7 heteroatoms. The van der Waals surface area contributed by atoms with E-state index < -0.39 is 0 Å². The van der Waals surface area contributed by atoms with Crippen molar-refractivity contribution in [1.29, 1.82) is 0 Å². The Morgan fingerprint density at radius 3 is 1.96 bits per heavy atom. The van der Waals surface area contributed by atoms with Crippen LogP contribution in [0.1, 0.15) is 22.0 Å². The molecule has 0 aromatic heterocycles. The van der Waals surface area contributed by atoms with Gasteiger partial charge in [0.2, 0.25) is 0 Å². The van der Waals surface area contributed by atoms with Gasteiger partial charge >= 0.3 is 0 Å². The number of hydrogen-bond acceptors (Lipinski definition) is 6. The molecule has 0 heterocycles. The van der Waals surface area contributed by atoms with E-state index in [9.17, 15) is 4.79 Å². The van der Waals surface area contributed by atoms with Crippen LogP contribution < -0.4 is 24.3 Å². The lowest BCUT2D eigenvalue weighted by molar-refractivity contribution is 0.0935. The second kappa shape index (κ2) is 9.85. The number of nitrogens with zero attached hydrogens (tertiary/aromatic N) is 1. The first kappa shape index (κ1) is 21.4. The van der Waals surface area contributed by atoms with Crippen molar-refractivity contribution in [2.75, 3.05) is 49.1 Å². The number of benzene rings is 2. The van der Waals surface area contributed by atoms with Gasteiger partial charge in [-0.1, -0.05) is 12.1 Å². The van der Waals surface area contributed by atoms with Crippen LogP contribution in [0, 0.1) is 0 Å². The summed E-state index contributed by atoms with van der Waals surface area (Å²) in [5.41, 5.74) is 1.37. The lowest BCUT2D eigenvalue weighted by Gasteiger charge is -2.26. The van der Waals surface area contributed by atoms with E-state index >= 15 is 0 Å². The number of carbonyl (C=O) groups excluding carboxylic acids is 1. The maximum atomic E-state index is 12.9. The fourth-order valence-corrected chi connectivity index (χ4v) is 3.01. The summed E-state index contributed by atoms with van der Waals surface area (Å²) >= 11 is 0. The van der Waals surface area contributed by atoms with Crippen molar-refractivity contribution >= 4 is 5.91 Å². The molecule has 0 aliphatic carbocycles. The highest BCUT2D eigenvalue weighted by molar-refractivity contribution is 5.99. The number of ether oxygens (including phenoxy) is 4. The van der Waals surface area contributed by atoms with Crippen LogP contribution in [0.4, 0.5) is 0 Å². The van der Waals surface area contributed by atoms with Crippen LogP contribution in [0.15, 0.2) is 36.4 Å². The van der Waals surface area contributed by atoms with Crippen molar-refractivity contribution in [3.63, 3.8) is 0 Å². The third-order valence-electron chi connectivity index (χ3n) is 4.53. The van der Waals surface area contributed by atoms with Crippen molar-refractivity contribution in [2.45, 2.75) is 6.04 Å². The first-order chi connectivity index (χ1) is 13.5. The Labute approximate surface area is 166 Å². The standard InChI is InChI=1S/C21H28N2O5/c1-23(2)15(14-10-11-16(25-3)19(12-14)28-6)13-22-21(24)20-17(26-4)8-7-9-18(20)27-5/h7-12,15H,13H2,1-6H3,(H,22,24). The zero-order valence-electron chi connectivity index (χ0n) is 17.2. The van der Waals surface area contributed by atoms with E-state index in [0.29, 0.717) is 35.1 Å².